The van der Waals surface area contributed by atoms with Crippen molar-refractivity contribution in [3.8, 4) is 0 Å². The molecule has 1 aromatic rings. The molecule has 5 heteroatoms. The van der Waals surface area contributed by atoms with Crippen LogP contribution in [0.3, 0.4) is 0 Å². The van der Waals surface area contributed by atoms with Gasteiger partial charge in [-0.3, -0.25) is 4.90 Å². The maximum absolute atomic E-state index is 11.7. The number of piperazine rings is 1. The first-order valence-electron chi connectivity index (χ1n) is 9.70. The van der Waals surface area contributed by atoms with Crippen molar-refractivity contribution in [2.45, 2.75) is 64.5 Å². The van der Waals surface area contributed by atoms with Crippen LogP contribution in [-0.2, 0) is 4.74 Å². The van der Waals surface area contributed by atoms with Crippen LogP contribution in [0.5, 0.6) is 0 Å². The zero-order valence-corrected chi connectivity index (χ0v) is 15.8. The quantitative estimate of drug-likeness (QED) is 0.783. The Morgan fingerprint density at radius 3 is 2.64 bits per heavy atom. The van der Waals surface area contributed by atoms with Crippen LogP contribution in [0.1, 0.15) is 61.6 Å². The predicted molar refractivity (Wildman–Crippen MR) is 100 cm³/mol. The Kier molecular flexibility index (Phi) is 5.94. The first-order valence-corrected chi connectivity index (χ1v) is 9.70. The molecule has 1 aromatic heterocycles. The van der Waals surface area contributed by atoms with E-state index in [2.05, 4.69) is 21.7 Å². The van der Waals surface area contributed by atoms with Gasteiger partial charge in [-0.2, -0.15) is 0 Å². The summed E-state index contributed by atoms with van der Waals surface area (Å²) in [6.45, 7) is 7.49. The van der Waals surface area contributed by atoms with Crippen molar-refractivity contribution in [2.75, 3.05) is 31.6 Å². The smallest absolute Gasteiger partial charge is 0.356 e. The minimum absolute atomic E-state index is 0.372. The second-order valence-corrected chi connectivity index (χ2v) is 7.33. The van der Waals surface area contributed by atoms with E-state index >= 15 is 0 Å². The molecule has 0 N–H and O–H groups in total. The van der Waals surface area contributed by atoms with Gasteiger partial charge in [0.1, 0.15) is 5.69 Å². The summed E-state index contributed by atoms with van der Waals surface area (Å²) in [7, 11) is 1.39. The Bertz CT molecular complexity index is 599. The van der Waals surface area contributed by atoms with Crippen molar-refractivity contribution in [3.05, 3.63) is 23.5 Å². The molecule has 1 saturated heterocycles. The normalized spacial score (nSPS) is 22.8. The number of methoxy groups -OCH3 is 1. The van der Waals surface area contributed by atoms with Crippen LogP contribution in [0.15, 0.2) is 12.1 Å². The van der Waals surface area contributed by atoms with Crippen LogP contribution < -0.4 is 4.90 Å². The summed E-state index contributed by atoms with van der Waals surface area (Å²) in [5, 5.41) is 0. The molecular formula is C20H31N3O2. The second-order valence-electron chi connectivity index (χ2n) is 7.33. The van der Waals surface area contributed by atoms with Crippen LogP contribution in [0.2, 0.25) is 0 Å². The minimum Gasteiger partial charge on any atom is -0.464 e. The zero-order chi connectivity index (χ0) is 17.8. The van der Waals surface area contributed by atoms with Gasteiger partial charge in [-0.25, -0.2) is 9.78 Å². The highest BCUT2D eigenvalue weighted by atomic mass is 16.5. The van der Waals surface area contributed by atoms with Gasteiger partial charge in [-0.05, 0) is 38.3 Å². The summed E-state index contributed by atoms with van der Waals surface area (Å²) in [4.78, 5) is 21.3. The molecule has 0 spiro atoms. The molecular weight excluding hydrogens is 314 g/mol. The van der Waals surface area contributed by atoms with Gasteiger partial charge in [0, 0.05) is 31.7 Å². The average molecular weight is 345 g/mol. The van der Waals surface area contributed by atoms with Crippen LogP contribution >= 0.6 is 0 Å². The van der Waals surface area contributed by atoms with Gasteiger partial charge in [-0.1, -0.05) is 26.2 Å². The Balaban J connectivity index is 1.71. The van der Waals surface area contributed by atoms with E-state index in [4.69, 9.17) is 4.74 Å². The summed E-state index contributed by atoms with van der Waals surface area (Å²) in [5.41, 5.74) is 2.44. The molecule has 2 fully saturated rings. The van der Waals surface area contributed by atoms with E-state index in [-0.39, 0.29) is 5.97 Å². The molecule has 2 aliphatic rings. The minimum atomic E-state index is -0.372. The summed E-state index contributed by atoms with van der Waals surface area (Å²) in [6, 6.07) is 5.19. The van der Waals surface area contributed by atoms with Gasteiger partial charge in [0.05, 0.1) is 18.5 Å². The Morgan fingerprint density at radius 1 is 1.24 bits per heavy atom. The van der Waals surface area contributed by atoms with E-state index in [0.717, 1.165) is 37.1 Å². The van der Waals surface area contributed by atoms with E-state index in [1.54, 1.807) is 6.07 Å². The van der Waals surface area contributed by atoms with E-state index in [1.165, 1.54) is 45.6 Å². The number of carbonyl (C=O) groups is 1. The third-order valence-corrected chi connectivity index (χ3v) is 5.84. The maximum atomic E-state index is 11.7. The van der Waals surface area contributed by atoms with Crippen molar-refractivity contribution in [1.82, 2.24) is 9.88 Å². The first kappa shape index (κ1) is 18.2. The fourth-order valence-electron chi connectivity index (χ4n) is 4.45. The molecule has 5 nitrogen and oxygen atoms in total. The van der Waals surface area contributed by atoms with E-state index < -0.39 is 0 Å². The van der Waals surface area contributed by atoms with E-state index in [1.807, 2.05) is 13.0 Å². The molecule has 2 heterocycles. The van der Waals surface area contributed by atoms with Gasteiger partial charge in [0.15, 0.2) is 0 Å². The molecule has 25 heavy (non-hydrogen) atoms. The van der Waals surface area contributed by atoms with Crippen molar-refractivity contribution >= 4 is 11.7 Å². The number of carbonyl (C=O) groups excluding carboxylic acids is 1. The zero-order valence-electron chi connectivity index (χ0n) is 15.8. The molecule has 0 radical (unpaired) electrons. The molecule has 1 saturated carbocycles. The third-order valence-electron chi connectivity index (χ3n) is 5.84. The lowest BCUT2D eigenvalue weighted by atomic mass is 9.92. The monoisotopic (exact) mass is 345 g/mol. The lowest BCUT2D eigenvalue weighted by Gasteiger charge is -2.47. The van der Waals surface area contributed by atoms with Crippen molar-refractivity contribution in [3.63, 3.8) is 0 Å². The number of esters is 1. The number of rotatable bonds is 4. The van der Waals surface area contributed by atoms with Crippen LogP contribution in [0.4, 0.5) is 5.69 Å². The van der Waals surface area contributed by atoms with Crippen LogP contribution in [0.25, 0.3) is 0 Å². The van der Waals surface area contributed by atoms with Crippen LogP contribution in [-0.4, -0.2) is 54.7 Å². The highest BCUT2D eigenvalue weighted by molar-refractivity contribution is 5.87. The summed E-state index contributed by atoms with van der Waals surface area (Å²) in [5.74, 6) is -0.372. The molecule has 0 amide bonds. The Labute approximate surface area is 151 Å². The second kappa shape index (κ2) is 8.17. The Morgan fingerprint density at radius 2 is 2.00 bits per heavy atom. The van der Waals surface area contributed by atoms with Gasteiger partial charge in [0.25, 0.3) is 0 Å². The number of aromatic nitrogens is 1. The topological polar surface area (TPSA) is 45.7 Å². The van der Waals surface area contributed by atoms with E-state index in [0.29, 0.717) is 11.7 Å². The molecule has 3 rings (SSSR count). The fraction of sp³-hybridized carbons (Fsp3) is 0.700. The van der Waals surface area contributed by atoms with Gasteiger partial charge in [-0.15, -0.1) is 0 Å². The van der Waals surface area contributed by atoms with Gasteiger partial charge >= 0.3 is 5.97 Å². The number of pyridine rings is 1. The van der Waals surface area contributed by atoms with E-state index in [9.17, 15) is 4.79 Å². The van der Waals surface area contributed by atoms with Gasteiger partial charge in [0.2, 0.25) is 0 Å². The summed E-state index contributed by atoms with van der Waals surface area (Å²) < 4.78 is 4.77. The summed E-state index contributed by atoms with van der Waals surface area (Å²) in [6.07, 6.45) is 8.10. The standard InChI is InChI=1S/C20H31N3O2/c1-4-16-14-22(12-13-23(16)17-8-6-5-7-9-17)19-11-10-18(20(24)25-3)21-15(19)2/h10-11,16-17H,4-9,12-14H2,1-3H3/t16-/m0/s1. The molecule has 138 valence electrons. The number of aryl methyl sites for hydroxylation is 1. The number of hydrogen-bond acceptors (Lipinski definition) is 5. The highest BCUT2D eigenvalue weighted by Crippen LogP contribution is 2.29. The lowest BCUT2D eigenvalue weighted by Crippen LogP contribution is -2.57. The first-order chi connectivity index (χ1) is 12.1. The molecule has 0 aromatic carbocycles. The SMILES string of the molecule is CC[C@H]1CN(c2ccc(C(=O)OC)nc2C)CCN1C1CCCCC1. The van der Waals surface area contributed by atoms with Crippen molar-refractivity contribution in [2.24, 2.45) is 0 Å². The number of hydrogen-bond donors (Lipinski definition) is 0. The molecule has 0 bridgehead atoms. The summed E-state index contributed by atoms with van der Waals surface area (Å²) >= 11 is 0. The Hall–Kier alpha value is -1.62. The molecule has 1 aliphatic carbocycles. The maximum Gasteiger partial charge on any atom is 0.356 e. The van der Waals surface area contributed by atoms with Crippen LogP contribution in [0, 0.1) is 6.92 Å². The third kappa shape index (κ3) is 3.97. The van der Waals surface area contributed by atoms with Gasteiger partial charge < -0.3 is 9.64 Å². The van der Waals surface area contributed by atoms with Crippen molar-refractivity contribution in [1.29, 1.82) is 0 Å². The highest BCUT2D eigenvalue weighted by Gasteiger charge is 2.32. The number of anilines is 1. The predicted octanol–water partition coefficient (Wildman–Crippen LogP) is 3.41. The number of ether oxygens (including phenoxy) is 1. The number of nitrogens with zero attached hydrogens (tertiary/aromatic N) is 3. The molecule has 0 unspecified atom stereocenters. The van der Waals surface area contributed by atoms with Crippen molar-refractivity contribution < 1.29 is 9.53 Å². The molecule has 1 atom stereocenters. The molecule has 1 aliphatic heterocycles. The lowest BCUT2D eigenvalue weighted by molar-refractivity contribution is 0.0593. The largest absolute Gasteiger partial charge is 0.464 e. The average Bonchev–Trinajstić information content (AvgIpc) is 2.67. The fourth-order valence-corrected chi connectivity index (χ4v) is 4.45.